The van der Waals surface area contributed by atoms with Gasteiger partial charge in [-0.15, -0.1) is 0 Å². The quantitative estimate of drug-likeness (QED) is 0.698. The zero-order chi connectivity index (χ0) is 19.3. The summed E-state index contributed by atoms with van der Waals surface area (Å²) in [6, 6.07) is 0. The number of hydrogen-bond acceptors (Lipinski definition) is 4. The third kappa shape index (κ3) is 4.47. The van der Waals surface area contributed by atoms with Crippen LogP contribution in [0.4, 0.5) is 0 Å². The van der Waals surface area contributed by atoms with Crippen molar-refractivity contribution in [3.05, 3.63) is 22.5 Å². The summed E-state index contributed by atoms with van der Waals surface area (Å²) < 4.78 is 7.05. The molecular formula is C20H33N3O3. The van der Waals surface area contributed by atoms with Crippen molar-refractivity contribution in [2.45, 2.75) is 47.0 Å². The standard InChI is InChI=1S/C20H33N3O3/c1-6-10-22-11-13-23(14-12-22)18(24)9-8-17-15(3)19(20(25)26-7-2)21(5)16(17)4/h6-14H2,1-5H3. The van der Waals surface area contributed by atoms with Crippen LogP contribution in [0.2, 0.25) is 0 Å². The molecule has 1 fully saturated rings. The van der Waals surface area contributed by atoms with Gasteiger partial charge in [-0.25, -0.2) is 4.79 Å². The minimum Gasteiger partial charge on any atom is -0.461 e. The molecule has 0 saturated carbocycles. The van der Waals surface area contributed by atoms with Crippen molar-refractivity contribution in [2.75, 3.05) is 39.3 Å². The minimum absolute atomic E-state index is 0.210. The molecule has 2 rings (SSSR count). The summed E-state index contributed by atoms with van der Waals surface area (Å²) in [7, 11) is 1.88. The lowest BCUT2D eigenvalue weighted by Crippen LogP contribution is -2.48. The lowest BCUT2D eigenvalue weighted by molar-refractivity contribution is -0.132. The molecule has 146 valence electrons. The van der Waals surface area contributed by atoms with E-state index in [9.17, 15) is 9.59 Å². The molecule has 0 atom stereocenters. The minimum atomic E-state index is -0.291. The number of esters is 1. The molecule has 0 aliphatic carbocycles. The average Bonchev–Trinajstić information content (AvgIpc) is 2.83. The Kier molecular flexibility index (Phi) is 7.26. The number of hydrogen-bond donors (Lipinski definition) is 0. The molecule has 0 spiro atoms. The third-order valence-electron chi connectivity index (χ3n) is 5.41. The molecule has 0 N–H and O–H groups in total. The Morgan fingerprint density at radius 2 is 1.73 bits per heavy atom. The van der Waals surface area contributed by atoms with Gasteiger partial charge < -0.3 is 14.2 Å². The van der Waals surface area contributed by atoms with E-state index in [4.69, 9.17) is 4.74 Å². The molecule has 26 heavy (non-hydrogen) atoms. The van der Waals surface area contributed by atoms with Crippen molar-refractivity contribution < 1.29 is 14.3 Å². The van der Waals surface area contributed by atoms with Crippen LogP contribution >= 0.6 is 0 Å². The van der Waals surface area contributed by atoms with Crippen molar-refractivity contribution >= 4 is 11.9 Å². The zero-order valence-electron chi connectivity index (χ0n) is 16.9. The van der Waals surface area contributed by atoms with E-state index in [0.717, 1.165) is 56.0 Å². The number of carbonyl (C=O) groups is 2. The number of rotatable bonds is 7. The lowest BCUT2D eigenvalue weighted by atomic mass is 10.0. The monoisotopic (exact) mass is 363 g/mol. The predicted octanol–water partition coefficient (Wildman–Crippen LogP) is 2.31. The molecule has 1 aromatic rings. The Balaban J connectivity index is 1.98. The zero-order valence-corrected chi connectivity index (χ0v) is 16.9. The predicted molar refractivity (Wildman–Crippen MR) is 102 cm³/mol. The summed E-state index contributed by atoms with van der Waals surface area (Å²) in [5.41, 5.74) is 3.66. The van der Waals surface area contributed by atoms with Crippen LogP contribution in [0.15, 0.2) is 0 Å². The highest BCUT2D eigenvalue weighted by molar-refractivity contribution is 5.90. The molecule has 0 aromatic carbocycles. The van der Waals surface area contributed by atoms with Gasteiger partial charge in [0.2, 0.25) is 5.91 Å². The number of ether oxygens (including phenoxy) is 1. The normalized spacial score (nSPS) is 15.3. The number of nitrogens with zero attached hydrogens (tertiary/aromatic N) is 3. The molecular weight excluding hydrogens is 330 g/mol. The van der Waals surface area contributed by atoms with Gasteiger partial charge in [-0.2, -0.15) is 0 Å². The first-order valence-corrected chi connectivity index (χ1v) is 9.72. The SMILES string of the molecule is CCCN1CCN(C(=O)CCc2c(C)c(C(=O)OCC)n(C)c2C)CC1. The van der Waals surface area contributed by atoms with Crippen molar-refractivity contribution in [1.29, 1.82) is 0 Å². The summed E-state index contributed by atoms with van der Waals surface area (Å²) in [6.45, 7) is 13.0. The molecule has 1 aliphatic heterocycles. The molecule has 2 heterocycles. The summed E-state index contributed by atoms with van der Waals surface area (Å²) in [6.07, 6.45) is 2.31. The van der Waals surface area contributed by atoms with Gasteiger partial charge in [-0.05, 0) is 51.3 Å². The Hall–Kier alpha value is -1.82. The van der Waals surface area contributed by atoms with Crippen LogP contribution in [0.3, 0.4) is 0 Å². The smallest absolute Gasteiger partial charge is 0.355 e. The van der Waals surface area contributed by atoms with Crippen molar-refractivity contribution in [3.8, 4) is 0 Å². The second-order valence-corrected chi connectivity index (χ2v) is 7.04. The summed E-state index contributed by atoms with van der Waals surface area (Å²) in [4.78, 5) is 29.2. The van der Waals surface area contributed by atoms with Gasteiger partial charge in [-0.3, -0.25) is 9.69 Å². The van der Waals surface area contributed by atoms with Crippen molar-refractivity contribution in [2.24, 2.45) is 7.05 Å². The maximum Gasteiger partial charge on any atom is 0.355 e. The first-order chi connectivity index (χ1) is 12.4. The number of piperazine rings is 1. The molecule has 6 nitrogen and oxygen atoms in total. The fourth-order valence-corrected chi connectivity index (χ4v) is 3.82. The first kappa shape index (κ1) is 20.5. The van der Waals surface area contributed by atoms with Crippen LogP contribution in [0.1, 0.15) is 54.0 Å². The fourth-order valence-electron chi connectivity index (χ4n) is 3.82. The maximum atomic E-state index is 12.6. The van der Waals surface area contributed by atoms with Crippen LogP contribution in [0.5, 0.6) is 0 Å². The van der Waals surface area contributed by atoms with Crippen LogP contribution in [-0.2, 0) is 23.0 Å². The van der Waals surface area contributed by atoms with E-state index in [1.54, 1.807) is 0 Å². The molecule has 0 bridgehead atoms. The van der Waals surface area contributed by atoms with Gasteiger partial charge in [-0.1, -0.05) is 6.92 Å². The molecule has 0 unspecified atom stereocenters. The van der Waals surface area contributed by atoms with Crippen LogP contribution in [0.25, 0.3) is 0 Å². The van der Waals surface area contributed by atoms with Crippen LogP contribution in [-0.4, -0.2) is 65.6 Å². The van der Waals surface area contributed by atoms with E-state index < -0.39 is 0 Å². The van der Waals surface area contributed by atoms with Crippen LogP contribution < -0.4 is 0 Å². The molecule has 6 heteroatoms. The van der Waals surface area contributed by atoms with Crippen LogP contribution in [0, 0.1) is 13.8 Å². The topological polar surface area (TPSA) is 54.8 Å². The Morgan fingerprint density at radius 1 is 1.08 bits per heavy atom. The van der Waals surface area contributed by atoms with Gasteiger partial charge >= 0.3 is 5.97 Å². The second kappa shape index (κ2) is 9.21. The maximum absolute atomic E-state index is 12.6. The third-order valence-corrected chi connectivity index (χ3v) is 5.41. The number of carbonyl (C=O) groups excluding carboxylic acids is 2. The number of amides is 1. The van der Waals surface area contributed by atoms with Gasteiger partial charge in [0.15, 0.2) is 0 Å². The van der Waals surface area contributed by atoms with Crippen molar-refractivity contribution in [1.82, 2.24) is 14.4 Å². The molecule has 1 amide bonds. The first-order valence-electron chi connectivity index (χ1n) is 9.72. The second-order valence-electron chi connectivity index (χ2n) is 7.04. The van der Waals surface area contributed by atoms with E-state index in [0.29, 0.717) is 25.1 Å². The molecule has 1 aliphatic rings. The van der Waals surface area contributed by atoms with E-state index in [1.807, 2.05) is 37.3 Å². The Bertz CT molecular complexity index is 643. The summed E-state index contributed by atoms with van der Waals surface area (Å²) in [5.74, 6) is -0.0818. The fraction of sp³-hybridized carbons (Fsp3) is 0.700. The average molecular weight is 364 g/mol. The van der Waals surface area contributed by atoms with E-state index in [-0.39, 0.29) is 11.9 Å². The molecule has 0 radical (unpaired) electrons. The highest BCUT2D eigenvalue weighted by Gasteiger charge is 2.24. The number of aromatic nitrogens is 1. The Morgan fingerprint density at radius 3 is 2.31 bits per heavy atom. The summed E-state index contributed by atoms with van der Waals surface area (Å²) in [5, 5.41) is 0. The van der Waals surface area contributed by atoms with E-state index in [2.05, 4.69) is 11.8 Å². The van der Waals surface area contributed by atoms with Crippen molar-refractivity contribution in [3.63, 3.8) is 0 Å². The lowest BCUT2D eigenvalue weighted by Gasteiger charge is -2.34. The van der Waals surface area contributed by atoms with Gasteiger partial charge in [0.1, 0.15) is 5.69 Å². The summed E-state index contributed by atoms with van der Waals surface area (Å²) >= 11 is 0. The van der Waals surface area contributed by atoms with Gasteiger partial charge in [0, 0.05) is 45.3 Å². The van der Waals surface area contributed by atoms with E-state index >= 15 is 0 Å². The van der Waals surface area contributed by atoms with Gasteiger partial charge in [0.25, 0.3) is 0 Å². The highest BCUT2D eigenvalue weighted by atomic mass is 16.5. The highest BCUT2D eigenvalue weighted by Crippen LogP contribution is 2.23. The Labute approximate surface area is 157 Å². The largest absolute Gasteiger partial charge is 0.461 e. The molecule has 1 aromatic heterocycles. The molecule has 1 saturated heterocycles. The van der Waals surface area contributed by atoms with E-state index in [1.165, 1.54) is 0 Å². The van der Waals surface area contributed by atoms with Gasteiger partial charge in [0.05, 0.1) is 6.61 Å².